The number of hydrogen-bond acceptors (Lipinski definition) is 6. The molecule has 0 aliphatic rings. The molecule has 0 saturated heterocycles. The zero-order chi connectivity index (χ0) is 18.0. The molecule has 0 aliphatic carbocycles. The maximum atomic E-state index is 12.3. The second-order valence-electron chi connectivity index (χ2n) is 5.09. The summed E-state index contributed by atoms with van der Waals surface area (Å²) in [5, 5.41) is 12.9. The first-order valence-corrected chi connectivity index (χ1v) is 8.52. The Morgan fingerprint density at radius 3 is 2.88 bits per heavy atom. The molecule has 0 unspecified atom stereocenters. The van der Waals surface area contributed by atoms with Gasteiger partial charge < -0.3 is 0 Å². The molecule has 0 aliphatic heterocycles. The molecular formula is C15H12N6O3S. The van der Waals surface area contributed by atoms with Crippen LogP contribution in [0.15, 0.2) is 42.7 Å². The normalized spacial score (nSPS) is 11.0. The Labute approximate surface area is 143 Å². The zero-order valence-corrected chi connectivity index (χ0v) is 13.8. The Morgan fingerprint density at radius 1 is 1.32 bits per heavy atom. The van der Waals surface area contributed by atoms with Gasteiger partial charge in [-0.05, 0) is 25.1 Å². The summed E-state index contributed by atoms with van der Waals surface area (Å²) in [7, 11) is -4.18. The van der Waals surface area contributed by atoms with Crippen molar-refractivity contribution in [3.63, 3.8) is 0 Å². The molecule has 126 valence electrons. The molecule has 3 rings (SSSR count). The summed E-state index contributed by atoms with van der Waals surface area (Å²) in [4.78, 5) is 16.3. The second kappa shape index (κ2) is 6.21. The van der Waals surface area contributed by atoms with E-state index in [0.717, 1.165) is 0 Å². The minimum absolute atomic E-state index is 0.0763. The minimum Gasteiger partial charge on any atom is -0.268 e. The number of carbonyl (C=O) groups is 1. The SMILES string of the molecule is Cc1c(C(=O)NS(=O)(=O)Nc2cccc(C#N)c2)cnc2ccnn12. The van der Waals surface area contributed by atoms with Gasteiger partial charge in [0, 0.05) is 12.3 Å². The predicted molar refractivity (Wildman–Crippen MR) is 88.9 cm³/mol. The second-order valence-corrected chi connectivity index (χ2v) is 6.50. The van der Waals surface area contributed by atoms with E-state index in [1.165, 1.54) is 41.2 Å². The average molecular weight is 356 g/mol. The number of anilines is 1. The van der Waals surface area contributed by atoms with Crippen molar-refractivity contribution in [2.24, 2.45) is 0 Å². The lowest BCUT2D eigenvalue weighted by atomic mass is 10.2. The van der Waals surface area contributed by atoms with Gasteiger partial charge in [0.1, 0.15) is 0 Å². The lowest BCUT2D eigenvalue weighted by Crippen LogP contribution is -2.36. The van der Waals surface area contributed by atoms with Gasteiger partial charge in [0.15, 0.2) is 5.65 Å². The van der Waals surface area contributed by atoms with Crippen LogP contribution in [0.25, 0.3) is 5.65 Å². The first-order valence-electron chi connectivity index (χ1n) is 7.04. The number of amides is 1. The van der Waals surface area contributed by atoms with Crippen LogP contribution < -0.4 is 9.44 Å². The van der Waals surface area contributed by atoms with Gasteiger partial charge in [-0.25, -0.2) is 14.2 Å². The van der Waals surface area contributed by atoms with Crippen LogP contribution >= 0.6 is 0 Å². The van der Waals surface area contributed by atoms with Crippen LogP contribution in [0.2, 0.25) is 0 Å². The number of carbonyl (C=O) groups excluding carboxylic acids is 1. The van der Waals surface area contributed by atoms with Crippen molar-refractivity contribution in [1.82, 2.24) is 19.3 Å². The van der Waals surface area contributed by atoms with E-state index in [0.29, 0.717) is 11.3 Å². The quantitative estimate of drug-likeness (QED) is 0.717. The number of nitrogens with zero attached hydrogens (tertiary/aromatic N) is 4. The van der Waals surface area contributed by atoms with Gasteiger partial charge in [-0.3, -0.25) is 9.52 Å². The summed E-state index contributed by atoms with van der Waals surface area (Å²) < 4.78 is 29.8. The molecule has 0 spiro atoms. The molecule has 0 fully saturated rings. The van der Waals surface area contributed by atoms with E-state index < -0.39 is 16.1 Å². The van der Waals surface area contributed by atoms with E-state index in [1.807, 2.05) is 10.8 Å². The lowest BCUT2D eigenvalue weighted by molar-refractivity contribution is 0.0980. The Hall–Kier alpha value is -3.45. The van der Waals surface area contributed by atoms with Crippen LogP contribution in [0.4, 0.5) is 5.69 Å². The molecule has 0 radical (unpaired) electrons. The molecule has 1 aromatic carbocycles. The number of benzene rings is 1. The van der Waals surface area contributed by atoms with Gasteiger partial charge in [-0.15, -0.1) is 0 Å². The standard InChI is InChI=1S/C15H12N6O3S/c1-10-13(9-17-14-5-6-18-21(10)14)15(22)20-25(23,24)19-12-4-2-3-11(7-12)8-16/h2-7,9,19H,1H3,(H,20,22). The van der Waals surface area contributed by atoms with Crippen LogP contribution in [0, 0.1) is 18.3 Å². The van der Waals surface area contributed by atoms with E-state index in [9.17, 15) is 13.2 Å². The number of aryl methyl sites for hydroxylation is 1. The summed E-state index contributed by atoms with van der Waals surface area (Å²) in [5.41, 5.74) is 1.53. The van der Waals surface area contributed by atoms with Crippen LogP contribution in [-0.2, 0) is 10.2 Å². The maximum absolute atomic E-state index is 12.3. The highest BCUT2D eigenvalue weighted by Crippen LogP contribution is 2.12. The molecule has 0 atom stereocenters. The van der Waals surface area contributed by atoms with E-state index in [1.54, 1.807) is 13.0 Å². The molecule has 2 N–H and O–H groups in total. The number of aromatic nitrogens is 3. The van der Waals surface area contributed by atoms with Crippen molar-refractivity contribution in [3.8, 4) is 6.07 Å². The fourth-order valence-corrected chi connectivity index (χ4v) is 3.07. The van der Waals surface area contributed by atoms with Gasteiger partial charge >= 0.3 is 10.2 Å². The van der Waals surface area contributed by atoms with Gasteiger partial charge in [0.25, 0.3) is 5.91 Å². The van der Waals surface area contributed by atoms with Gasteiger partial charge in [0.05, 0.1) is 34.8 Å². The van der Waals surface area contributed by atoms with E-state index >= 15 is 0 Å². The molecule has 10 heteroatoms. The van der Waals surface area contributed by atoms with Gasteiger partial charge in [-0.2, -0.15) is 18.8 Å². The maximum Gasteiger partial charge on any atom is 0.323 e. The average Bonchev–Trinajstić information content (AvgIpc) is 3.03. The highest BCUT2D eigenvalue weighted by molar-refractivity contribution is 7.91. The molecule has 3 aromatic rings. The van der Waals surface area contributed by atoms with Crippen LogP contribution in [0.5, 0.6) is 0 Å². The number of rotatable bonds is 4. The van der Waals surface area contributed by atoms with Crippen molar-refractivity contribution in [2.45, 2.75) is 6.92 Å². The summed E-state index contributed by atoms with van der Waals surface area (Å²) in [6.07, 6.45) is 2.81. The summed E-state index contributed by atoms with van der Waals surface area (Å²) in [6, 6.07) is 9.44. The van der Waals surface area contributed by atoms with E-state index in [-0.39, 0.29) is 16.8 Å². The monoisotopic (exact) mass is 356 g/mol. The Kier molecular flexibility index (Phi) is 4.08. The third-order valence-corrected chi connectivity index (χ3v) is 4.33. The minimum atomic E-state index is -4.18. The largest absolute Gasteiger partial charge is 0.323 e. The lowest BCUT2D eigenvalue weighted by Gasteiger charge is -2.11. The molecule has 1 amide bonds. The van der Waals surface area contributed by atoms with Crippen molar-refractivity contribution in [3.05, 3.63) is 59.5 Å². The molecular weight excluding hydrogens is 344 g/mol. The fourth-order valence-electron chi connectivity index (χ4n) is 2.22. The summed E-state index contributed by atoms with van der Waals surface area (Å²) in [6.45, 7) is 1.63. The van der Waals surface area contributed by atoms with Crippen LogP contribution in [-0.4, -0.2) is 28.9 Å². The van der Waals surface area contributed by atoms with Crippen molar-refractivity contribution in [1.29, 1.82) is 5.26 Å². The Morgan fingerprint density at radius 2 is 2.12 bits per heavy atom. The third-order valence-electron chi connectivity index (χ3n) is 3.37. The van der Waals surface area contributed by atoms with Crippen molar-refractivity contribution in [2.75, 3.05) is 4.72 Å². The van der Waals surface area contributed by atoms with Crippen LogP contribution in [0.1, 0.15) is 21.6 Å². The van der Waals surface area contributed by atoms with Gasteiger partial charge in [-0.1, -0.05) is 6.07 Å². The predicted octanol–water partition coefficient (Wildman–Crippen LogP) is 0.996. The van der Waals surface area contributed by atoms with Crippen molar-refractivity contribution >= 4 is 27.5 Å². The number of hydrogen-bond donors (Lipinski definition) is 2. The third kappa shape index (κ3) is 3.41. The highest BCUT2D eigenvalue weighted by Gasteiger charge is 2.19. The first kappa shape index (κ1) is 16.4. The number of nitriles is 1. The molecule has 2 heterocycles. The molecule has 0 bridgehead atoms. The molecule has 25 heavy (non-hydrogen) atoms. The number of nitrogens with one attached hydrogen (secondary N) is 2. The van der Waals surface area contributed by atoms with E-state index in [4.69, 9.17) is 5.26 Å². The first-order chi connectivity index (χ1) is 11.9. The zero-order valence-electron chi connectivity index (χ0n) is 13.0. The molecule has 2 aromatic heterocycles. The summed E-state index contributed by atoms with van der Waals surface area (Å²) >= 11 is 0. The van der Waals surface area contributed by atoms with E-state index in [2.05, 4.69) is 14.8 Å². The molecule has 0 saturated carbocycles. The van der Waals surface area contributed by atoms with Crippen LogP contribution in [0.3, 0.4) is 0 Å². The van der Waals surface area contributed by atoms with Gasteiger partial charge in [0.2, 0.25) is 0 Å². The Bertz CT molecular complexity index is 1110. The molecule has 9 nitrogen and oxygen atoms in total. The fraction of sp³-hybridized carbons (Fsp3) is 0.0667. The smallest absolute Gasteiger partial charge is 0.268 e. The number of fused-ring (bicyclic) bond motifs is 1. The highest BCUT2D eigenvalue weighted by atomic mass is 32.2. The Balaban J connectivity index is 1.83. The topological polar surface area (TPSA) is 129 Å². The summed E-state index contributed by atoms with van der Waals surface area (Å²) in [5.74, 6) is -0.841. The van der Waals surface area contributed by atoms with Crippen molar-refractivity contribution < 1.29 is 13.2 Å².